The molecule has 0 amide bonds. The van der Waals surface area contributed by atoms with Gasteiger partial charge < -0.3 is 10.2 Å². The minimum Gasteiger partial charge on any atom is -0.508 e. The molecule has 0 saturated heterocycles. The molecule has 0 spiro atoms. The third-order valence-electron chi connectivity index (χ3n) is 7.39. The average molecular weight is 328 g/mol. The molecule has 0 aliphatic heterocycles. The maximum atomic E-state index is 13.0. The fraction of sp³-hybridized carbons (Fsp3) is 0.667. The number of hydrogen-bond acceptors (Lipinski definition) is 3. The number of carbonyl (C=O) groups excluding carboxylic acids is 1. The topological polar surface area (TPSA) is 57.5 Å². The highest BCUT2D eigenvalue weighted by atomic mass is 16.3. The van der Waals surface area contributed by atoms with E-state index in [4.69, 9.17) is 0 Å². The van der Waals surface area contributed by atoms with Gasteiger partial charge in [-0.15, -0.1) is 0 Å². The molecule has 6 atom stereocenters. The molecule has 2 fully saturated rings. The minimum atomic E-state index is -0.480. The number of aryl methyl sites for hydroxylation is 1. The lowest BCUT2D eigenvalue weighted by Gasteiger charge is -2.48. The van der Waals surface area contributed by atoms with Crippen LogP contribution in [0.15, 0.2) is 18.2 Å². The first-order valence-corrected chi connectivity index (χ1v) is 9.50. The number of Topliss-reactive ketones (excluding diaryl/α,β-unsaturated/α-hetero) is 1. The first kappa shape index (κ1) is 16.1. The Labute approximate surface area is 144 Å². The minimum absolute atomic E-state index is 0.162. The van der Waals surface area contributed by atoms with E-state index in [1.165, 1.54) is 11.1 Å². The number of aromatic hydroxyl groups is 1. The summed E-state index contributed by atoms with van der Waals surface area (Å²) in [6.45, 7) is 4.12. The number of carbonyl (C=O) groups is 1. The Bertz CT molecular complexity index is 667. The van der Waals surface area contributed by atoms with Crippen LogP contribution in [0.4, 0.5) is 0 Å². The molecule has 4 rings (SSSR count). The highest BCUT2D eigenvalue weighted by molar-refractivity contribution is 5.90. The SMILES string of the molecule is CCC(O)C1C[C@H]2[C@@H]3CCc4cc(O)ccc4[C@H]3CC[C@]2(C)C1=O. The van der Waals surface area contributed by atoms with Gasteiger partial charge in [0.05, 0.1) is 6.10 Å². The van der Waals surface area contributed by atoms with Crippen LogP contribution in [0.3, 0.4) is 0 Å². The summed E-state index contributed by atoms with van der Waals surface area (Å²) in [4.78, 5) is 13.0. The van der Waals surface area contributed by atoms with Crippen molar-refractivity contribution < 1.29 is 15.0 Å². The van der Waals surface area contributed by atoms with Gasteiger partial charge in [0.15, 0.2) is 0 Å². The first-order chi connectivity index (χ1) is 11.5. The number of hydrogen-bond donors (Lipinski definition) is 2. The Morgan fingerprint density at radius 3 is 2.88 bits per heavy atom. The molecule has 3 aliphatic carbocycles. The zero-order valence-electron chi connectivity index (χ0n) is 14.7. The van der Waals surface area contributed by atoms with Crippen LogP contribution in [0.1, 0.15) is 63.0 Å². The molecule has 130 valence electrons. The van der Waals surface area contributed by atoms with E-state index in [-0.39, 0.29) is 11.3 Å². The van der Waals surface area contributed by atoms with Gasteiger partial charge >= 0.3 is 0 Å². The summed E-state index contributed by atoms with van der Waals surface area (Å²) in [6.07, 6.45) is 5.12. The molecule has 1 aromatic carbocycles. The van der Waals surface area contributed by atoms with Gasteiger partial charge in [0.2, 0.25) is 0 Å². The van der Waals surface area contributed by atoms with Crippen molar-refractivity contribution in [1.29, 1.82) is 0 Å². The number of fused-ring (bicyclic) bond motifs is 5. The molecule has 3 nitrogen and oxygen atoms in total. The Kier molecular flexibility index (Phi) is 3.76. The number of aliphatic hydroxyl groups excluding tert-OH is 1. The Hall–Kier alpha value is -1.35. The zero-order valence-corrected chi connectivity index (χ0v) is 14.7. The van der Waals surface area contributed by atoms with Gasteiger partial charge in [-0.3, -0.25) is 4.79 Å². The number of phenolic OH excluding ortho intramolecular Hbond substituents is 1. The Balaban J connectivity index is 1.67. The van der Waals surface area contributed by atoms with Crippen LogP contribution in [0.2, 0.25) is 0 Å². The van der Waals surface area contributed by atoms with Crippen LogP contribution >= 0.6 is 0 Å². The normalized spacial score (nSPS) is 39.0. The second kappa shape index (κ2) is 5.59. The summed E-state index contributed by atoms with van der Waals surface area (Å²) in [5, 5.41) is 20.1. The van der Waals surface area contributed by atoms with Gasteiger partial charge in [0.25, 0.3) is 0 Å². The standard InChI is InChI=1S/C21H28O3/c1-3-19(23)17-11-18-16-6-4-12-10-13(22)5-7-14(12)15(16)8-9-21(18,2)20(17)24/h5,7,10,15-19,22-23H,3-4,6,8-9,11H2,1-2H3/t15-,16-,17?,18+,19?,21+/m1/s1. The molecule has 2 N–H and O–H groups in total. The smallest absolute Gasteiger partial charge is 0.144 e. The van der Waals surface area contributed by atoms with Crippen LogP contribution in [0, 0.1) is 23.2 Å². The third kappa shape index (κ3) is 2.17. The molecule has 2 saturated carbocycles. The van der Waals surface area contributed by atoms with Crippen molar-refractivity contribution in [3.05, 3.63) is 29.3 Å². The number of phenols is 1. The van der Waals surface area contributed by atoms with E-state index < -0.39 is 6.10 Å². The predicted molar refractivity (Wildman–Crippen MR) is 92.9 cm³/mol. The van der Waals surface area contributed by atoms with E-state index in [0.717, 1.165) is 32.1 Å². The number of ketones is 1. The van der Waals surface area contributed by atoms with Crippen molar-refractivity contribution in [2.45, 2.75) is 64.4 Å². The highest BCUT2D eigenvalue weighted by Crippen LogP contribution is 2.61. The summed E-state index contributed by atoms with van der Waals surface area (Å²) in [5.74, 6) is 1.96. The van der Waals surface area contributed by atoms with Gasteiger partial charge in [0.1, 0.15) is 11.5 Å². The average Bonchev–Trinajstić information content (AvgIpc) is 2.85. The summed E-state index contributed by atoms with van der Waals surface area (Å²) >= 11 is 0. The second-order valence-electron chi connectivity index (χ2n) is 8.44. The van der Waals surface area contributed by atoms with Gasteiger partial charge in [0, 0.05) is 11.3 Å². The zero-order chi connectivity index (χ0) is 17.1. The summed E-state index contributed by atoms with van der Waals surface area (Å²) in [6, 6.07) is 5.82. The van der Waals surface area contributed by atoms with Crippen molar-refractivity contribution in [1.82, 2.24) is 0 Å². The lowest BCUT2D eigenvalue weighted by molar-refractivity contribution is -0.134. The Morgan fingerprint density at radius 2 is 2.12 bits per heavy atom. The summed E-state index contributed by atoms with van der Waals surface area (Å²) < 4.78 is 0. The van der Waals surface area contributed by atoms with Crippen LogP contribution in [0.5, 0.6) is 5.75 Å². The third-order valence-corrected chi connectivity index (χ3v) is 7.39. The molecular formula is C21H28O3. The van der Waals surface area contributed by atoms with Gasteiger partial charge in [-0.05, 0) is 79.5 Å². The van der Waals surface area contributed by atoms with Crippen molar-refractivity contribution >= 4 is 5.78 Å². The quantitative estimate of drug-likeness (QED) is 0.868. The molecule has 0 heterocycles. The van der Waals surface area contributed by atoms with E-state index in [1.807, 2.05) is 13.0 Å². The van der Waals surface area contributed by atoms with E-state index in [1.54, 1.807) is 6.07 Å². The van der Waals surface area contributed by atoms with Crippen LogP contribution in [-0.2, 0) is 11.2 Å². The van der Waals surface area contributed by atoms with Crippen LogP contribution < -0.4 is 0 Å². The summed E-state index contributed by atoms with van der Waals surface area (Å²) in [7, 11) is 0. The second-order valence-corrected chi connectivity index (χ2v) is 8.44. The van der Waals surface area contributed by atoms with Crippen molar-refractivity contribution in [2.75, 3.05) is 0 Å². The van der Waals surface area contributed by atoms with E-state index in [0.29, 0.717) is 35.7 Å². The van der Waals surface area contributed by atoms with Gasteiger partial charge in [-0.1, -0.05) is 19.9 Å². The molecule has 3 heteroatoms. The molecule has 0 bridgehead atoms. The monoisotopic (exact) mass is 328 g/mol. The van der Waals surface area contributed by atoms with Crippen LogP contribution in [0.25, 0.3) is 0 Å². The molecule has 0 radical (unpaired) electrons. The Morgan fingerprint density at radius 1 is 1.33 bits per heavy atom. The number of rotatable bonds is 2. The van der Waals surface area contributed by atoms with Gasteiger partial charge in [-0.25, -0.2) is 0 Å². The molecule has 1 aromatic rings. The van der Waals surface area contributed by atoms with Crippen molar-refractivity contribution in [3.63, 3.8) is 0 Å². The molecule has 0 aromatic heterocycles. The molecule has 3 aliphatic rings. The largest absolute Gasteiger partial charge is 0.508 e. The van der Waals surface area contributed by atoms with Crippen molar-refractivity contribution in [2.24, 2.45) is 23.2 Å². The lowest BCUT2D eigenvalue weighted by atomic mass is 9.55. The lowest BCUT2D eigenvalue weighted by Crippen LogP contribution is -2.43. The molecule has 2 unspecified atom stereocenters. The number of aliphatic hydroxyl groups is 1. The highest BCUT2D eigenvalue weighted by Gasteiger charge is 2.58. The van der Waals surface area contributed by atoms with E-state index >= 15 is 0 Å². The predicted octanol–water partition coefficient (Wildman–Crippen LogP) is 3.81. The van der Waals surface area contributed by atoms with Crippen molar-refractivity contribution in [3.8, 4) is 5.75 Å². The van der Waals surface area contributed by atoms with E-state index in [2.05, 4.69) is 13.0 Å². The molecule has 24 heavy (non-hydrogen) atoms. The maximum absolute atomic E-state index is 13.0. The maximum Gasteiger partial charge on any atom is 0.144 e. The van der Waals surface area contributed by atoms with Crippen LogP contribution in [-0.4, -0.2) is 22.1 Å². The van der Waals surface area contributed by atoms with Gasteiger partial charge in [-0.2, -0.15) is 0 Å². The fourth-order valence-corrected chi connectivity index (χ4v) is 6.05. The fourth-order valence-electron chi connectivity index (χ4n) is 6.05. The summed E-state index contributed by atoms with van der Waals surface area (Å²) in [5.41, 5.74) is 2.43. The van der Waals surface area contributed by atoms with E-state index in [9.17, 15) is 15.0 Å². The number of benzene rings is 1. The first-order valence-electron chi connectivity index (χ1n) is 9.50. The molecular weight excluding hydrogens is 300 g/mol.